The summed E-state index contributed by atoms with van der Waals surface area (Å²) in [6, 6.07) is 0. The molecule has 9 N–H and O–H groups in total. The zero-order valence-corrected chi connectivity index (χ0v) is 38.3. The van der Waals surface area contributed by atoms with Crippen LogP contribution in [0.2, 0.25) is 0 Å². The van der Waals surface area contributed by atoms with Gasteiger partial charge in [-0.25, -0.2) is 0 Å². The van der Waals surface area contributed by atoms with Crippen LogP contribution in [0.5, 0.6) is 0 Å². The van der Waals surface area contributed by atoms with Gasteiger partial charge in [0.1, 0.15) is 61.0 Å². The molecule has 0 unspecified atom stereocenters. The van der Waals surface area contributed by atoms with Gasteiger partial charge < -0.3 is 74.4 Å². The van der Waals surface area contributed by atoms with Crippen LogP contribution >= 0.6 is 0 Å². The number of carbonyl (C=O) groups is 1. The Morgan fingerprint density at radius 2 is 1.37 bits per heavy atom. The van der Waals surface area contributed by atoms with Crippen LogP contribution in [0.15, 0.2) is 11.6 Å². The molecule has 4 saturated carbocycles. The van der Waals surface area contributed by atoms with E-state index in [0.29, 0.717) is 18.8 Å². The third-order valence-corrected chi connectivity index (χ3v) is 18.9. The predicted molar refractivity (Wildman–Crippen MR) is 223 cm³/mol. The molecule has 0 aromatic rings. The van der Waals surface area contributed by atoms with Gasteiger partial charge in [-0.15, -0.1) is 0 Å². The van der Waals surface area contributed by atoms with E-state index in [4.69, 9.17) is 28.4 Å². The first-order chi connectivity index (χ1) is 29.4. The Morgan fingerprint density at radius 1 is 0.714 bits per heavy atom. The number of aliphatic carboxylic acids is 1. The Hall–Kier alpha value is -1.35. The first-order valence-electron chi connectivity index (χ1n) is 23.6. The summed E-state index contributed by atoms with van der Waals surface area (Å²) in [5.41, 5.74) is 0.187. The number of hydrogen-bond acceptors (Lipinski definition) is 15. The first kappa shape index (κ1) is 48.1. The van der Waals surface area contributed by atoms with Gasteiger partial charge in [-0.05, 0) is 116 Å². The minimum absolute atomic E-state index is 0.0305. The first-order valence-corrected chi connectivity index (χ1v) is 23.6. The largest absolute Gasteiger partial charge is 0.481 e. The van der Waals surface area contributed by atoms with E-state index >= 15 is 0 Å². The molecule has 0 aromatic carbocycles. The van der Waals surface area contributed by atoms with E-state index < -0.39 is 104 Å². The fourth-order valence-electron chi connectivity index (χ4n) is 14.8. The van der Waals surface area contributed by atoms with Crippen LogP contribution in [0.1, 0.15) is 120 Å². The maximum Gasteiger partial charge on any atom is 0.310 e. The van der Waals surface area contributed by atoms with Crippen molar-refractivity contribution in [2.75, 3.05) is 13.2 Å². The molecule has 3 heterocycles. The van der Waals surface area contributed by atoms with Gasteiger partial charge >= 0.3 is 5.97 Å². The number of ether oxygens (including phenoxy) is 6. The summed E-state index contributed by atoms with van der Waals surface area (Å²) in [5.74, 6) is 0.00904. The van der Waals surface area contributed by atoms with Gasteiger partial charge in [0.15, 0.2) is 18.9 Å². The predicted octanol–water partition coefficient (Wildman–Crippen LogP) is 2.37. The second kappa shape index (κ2) is 16.7. The normalized spacial score (nSPS) is 54.1. The van der Waals surface area contributed by atoms with Crippen molar-refractivity contribution in [2.45, 2.75) is 212 Å². The molecule has 3 saturated heterocycles. The Bertz CT molecular complexity index is 1720. The molecule has 5 aliphatic carbocycles. The summed E-state index contributed by atoms with van der Waals surface area (Å²) in [7, 11) is 0. The van der Waals surface area contributed by atoms with Gasteiger partial charge in [0, 0.05) is 0 Å². The highest BCUT2D eigenvalue weighted by atomic mass is 16.8. The van der Waals surface area contributed by atoms with Gasteiger partial charge in [0.25, 0.3) is 0 Å². The molecule has 22 atom stereocenters. The van der Waals surface area contributed by atoms with Gasteiger partial charge in [0.05, 0.1) is 30.8 Å². The molecule has 0 aromatic heterocycles. The van der Waals surface area contributed by atoms with E-state index in [2.05, 4.69) is 54.5 Å². The molecule has 16 nitrogen and oxygen atoms in total. The number of aliphatic hydroxyl groups excluding tert-OH is 8. The summed E-state index contributed by atoms with van der Waals surface area (Å²) in [4.78, 5) is 13.1. The molecular weight excluding hydrogens is 821 g/mol. The average Bonchev–Trinajstić information content (AvgIpc) is 3.22. The zero-order valence-electron chi connectivity index (χ0n) is 38.3. The van der Waals surface area contributed by atoms with Crippen molar-refractivity contribution in [3.05, 3.63) is 11.6 Å². The molecule has 8 aliphatic rings. The Morgan fingerprint density at radius 3 is 2.05 bits per heavy atom. The van der Waals surface area contributed by atoms with Crippen LogP contribution < -0.4 is 0 Å². The number of carboxylic acid groups (broad SMARTS) is 1. The summed E-state index contributed by atoms with van der Waals surface area (Å²) in [6.45, 7) is 16.9. The molecule has 0 radical (unpaired) electrons. The average molecular weight is 897 g/mol. The fourth-order valence-corrected chi connectivity index (χ4v) is 14.8. The van der Waals surface area contributed by atoms with Crippen molar-refractivity contribution in [2.24, 2.45) is 50.2 Å². The Balaban J connectivity index is 0.987. The van der Waals surface area contributed by atoms with Crippen LogP contribution in [-0.2, 0) is 33.2 Å². The highest BCUT2D eigenvalue weighted by Crippen LogP contribution is 2.76. The van der Waals surface area contributed by atoms with Crippen LogP contribution in [0.25, 0.3) is 0 Å². The van der Waals surface area contributed by atoms with E-state index in [1.165, 1.54) is 12.5 Å². The lowest BCUT2D eigenvalue weighted by molar-refractivity contribution is -0.383. The third kappa shape index (κ3) is 7.51. The topological polar surface area (TPSA) is 255 Å². The maximum absolute atomic E-state index is 13.1. The summed E-state index contributed by atoms with van der Waals surface area (Å²) < 4.78 is 36.2. The van der Waals surface area contributed by atoms with E-state index in [-0.39, 0.29) is 51.6 Å². The molecular formula is C47H76O16. The number of fused-ring (bicyclic) bond motifs is 7. The van der Waals surface area contributed by atoms with Crippen molar-refractivity contribution in [3.63, 3.8) is 0 Å². The van der Waals surface area contributed by atoms with E-state index in [9.17, 15) is 50.8 Å². The second-order valence-corrected chi connectivity index (χ2v) is 23.0. The summed E-state index contributed by atoms with van der Waals surface area (Å²) in [6.07, 6.45) is -10.2. The van der Waals surface area contributed by atoms with E-state index in [0.717, 1.165) is 51.4 Å². The Kier molecular flexibility index (Phi) is 12.8. The SMILES string of the molecule is C[C@@H]1O[C@@H](O[C@H]2[C@H](O)[C@@H](O)[C@@H](O[C@H]3[C@H](O[C@H]4CC[C@]5(C)[C@H]6CC=C7[C@@H]8CC(C)(C)CC[C@]8(C(=O)O)CC[C@@]7(C)[C@]6(C)CC[C@H]5C4(C)C)OC[C@H](O)[C@@H]3O)O[C@@H]2CO)[C@H](O)[C@H](O)[C@H]1O. The maximum atomic E-state index is 13.1. The quantitative estimate of drug-likeness (QED) is 0.125. The van der Waals surface area contributed by atoms with Gasteiger partial charge in [-0.2, -0.15) is 0 Å². The van der Waals surface area contributed by atoms with Crippen LogP contribution in [-0.4, -0.2) is 157 Å². The number of aliphatic hydroxyl groups is 8. The van der Waals surface area contributed by atoms with E-state index in [1.807, 2.05) is 0 Å². The smallest absolute Gasteiger partial charge is 0.310 e. The van der Waals surface area contributed by atoms with Crippen LogP contribution in [0, 0.1) is 50.2 Å². The number of allylic oxidation sites excluding steroid dienone is 2. The highest BCUT2D eigenvalue weighted by molar-refractivity contribution is 5.76. The van der Waals surface area contributed by atoms with Gasteiger partial charge in [-0.1, -0.05) is 60.1 Å². The summed E-state index contributed by atoms with van der Waals surface area (Å²) in [5, 5.41) is 96.7. The minimum atomic E-state index is -1.83. The minimum Gasteiger partial charge on any atom is -0.481 e. The van der Waals surface area contributed by atoms with Crippen LogP contribution in [0.3, 0.4) is 0 Å². The highest BCUT2D eigenvalue weighted by Gasteiger charge is 2.70. The van der Waals surface area contributed by atoms with Gasteiger partial charge in [0.2, 0.25) is 0 Å². The molecule has 16 heteroatoms. The Labute approximate surface area is 371 Å². The number of carboxylic acids is 1. The lowest BCUT2D eigenvalue weighted by atomic mass is 9.33. The molecule has 0 amide bonds. The fraction of sp³-hybridized carbons (Fsp3) is 0.936. The van der Waals surface area contributed by atoms with Gasteiger partial charge in [-0.3, -0.25) is 4.79 Å². The second-order valence-electron chi connectivity index (χ2n) is 23.0. The molecule has 7 fully saturated rings. The molecule has 360 valence electrons. The molecule has 3 aliphatic heterocycles. The zero-order chi connectivity index (χ0) is 46.0. The van der Waals surface area contributed by atoms with E-state index in [1.54, 1.807) is 0 Å². The molecule has 0 spiro atoms. The van der Waals surface area contributed by atoms with Crippen molar-refractivity contribution in [1.29, 1.82) is 0 Å². The standard InChI is InChI=1S/C47H76O16/c1-22-30(50)32(52)34(54)38(59-22)62-36-26(20-48)60-39(35(55)33(36)53)63-37-31(51)25(49)21-58-40(37)61-29-12-13-44(6)27(43(29,4)5)11-14-46(8)28(44)10-9-23-24-19-42(2,3)15-17-47(24,41(56)57)18-16-45(23,46)7/h9,22,24-40,48-55H,10-21H2,1-8H3,(H,56,57)/t22-,24-,25-,26+,27-,28+,29-,30-,31-,32+,33+,34+,35+,36+,37+,38-,39+,40-,44-,45+,46+,47-/m0/s1. The van der Waals surface area contributed by atoms with Crippen molar-refractivity contribution < 1.29 is 79.2 Å². The van der Waals surface area contributed by atoms with Crippen molar-refractivity contribution >= 4 is 5.97 Å². The lowest BCUT2D eigenvalue weighted by Gasteiger charge is -2.71. The molecule has 8 rings (SSSR count). The van der Waals surface area contributed by atoms with Crippen molar-refractivity contribution in [1.82, 2.24) is 0 Å². The monoisotopic (exact) mass is 897 g/mol. The lowest BCUT2D eigenvalue weighted by Crippen LogP contribution is -2.66. The number of rotatable bonds is 8. The molecule has 0 bridgehead atoms. The molecule has 63 heavy (non-hydrogen) atoms. The number of hydrogen-bond donors (Lipinski definition) is 9. The summed E-state index contributed by atoms with van der Waals surface area (Å²) >= 11 is 0. The third-order valence-electron chi connectivity index (χ3n) is 18.9. The van der Waals surface area contributed by atoms with Crippen LogP contribution in [0.4, 0.5) is 0 Å². The van der Waals surface area contributed by atoms with Crippen molar-refractivity contribution in [3.8, 4) is 0 Å².